The van der Waals surface area contributed by atoms with Crippen LogP contribution in [-0.4, -0.2) is 22.1 Å². The van der Waals surface area contributed by atoms with Gasteiger partial charge < -0.3 is 5.11 Å². The Morgan fingerprint density at radius 2 is 2.27 bits per heavy atom. The van der Waals surface area contributed by atoms with Crippen LogP contribution in [0.3, 0.4) is 0 Å². The van der Waals surface area contributed by atoms with Crippen molar-refractivity contribution in [3.05, 3.63) is 0 Å². The summed E-state index contributed by atoms with van der Waals surface area (Å²) >= 11 is 1.18. The Kier molecular flexibility index (Phi) is 4.71. The number of rotatable bonds is 4. The molecule has 0 aromatic rings. The van der Waals surface area contributed by atoms with E-state index in [1.165, 1.54) is 11.8 Å². The Morgan fingerprint density at radius 3 is 2.55 bits per heavy atom. The minimum Gasteiger partial charge on any atom is -0.480 e. The summed E-state index contributed by atoms with van der Waals surface area (Å²) < 4.78 is 0. The van der Waals surface area contributed by atoms with Crippen molar-refractivity contribution in [2.75, 3.05) is 5.75 Å². The van der Waals surface area contributed by atoms with Gasteiger partial charge in [-0.1, -0.05) is 13.8 Å². The fraction of sp³-hybridized carbons (Fsp3) is 0.714. The molecule has 11 heavy (non-hydrogen) atoms. The molecule has 0 aliphatic carbocycles. The first-order chi connectivity index (χ1) is 5.09. The number of aliphatic carboxylic acids is 1. The normalized spacial score (nSPS) is 12.5. The fourth-order valence-corrected chi connectivity index (χ4v) is 1.46. The van der Waals surface area contributed by atoms with Gasteiger partial charge in [-0.05, 0) is 5.92 Å². The number of hydrogen-bond acceptors (Lipinski definition) is 3. The quantitative estimate of drug-likeness (QED) is 0.697. The lowest BCUT2D eigenvalue weighted by molar-refractivity contribution is -0.137. The van der Waals surface area contributed by atoms with Crippen molar-refractivity contribution in [1.29, 1.82) is 5.26 Å². The predicted molar refractivity (Wildman–Crippen MR) is 44.3 cm³/mol. The first-order valence-corrected chi connectivity index (χ1v) is 4.35. The van der Waals surface area contributed by atoms with Crippen LogP contribution in [0.15, 0.2) is 0 Å². The highest BCUT2D eigenvalue weighted by molar-refractivity contribution is 8.00. The SMILES string of the molecule is CC(C)C(SCC#N)C(=O)O. The van der Waals surface area contributed by atoms with Gasteiger partial charge in [-0.3, -0.25) is 4.79 Å². The third kappa shape index (κ3) is 3.89. The molecule has 0 fully saturated rings. The smallest absolute Gasteiger partial charge is 0.316 e. The molecule has 0 spiro atoms. The van der Waals surface area contributed by atoms with Gasteiger partial charge in [0.25, 0.3) is 0 Å². The summed E-state index contributed by atoms with van der Waals surface area (Å²) in [6.45, 7) is 3.67. The summed E-state index contributed by atoms with van der Waals surface area (Å²) in [7, 11) is 0. The van der Waals surface area contributed by atoms with Crippen LogP contribution in [0.5, 0.6) is 0 Å². The largest absolute Gasteiger partial charge is 0.480 e. The van der Waals surface area contributed by atoms with Crippen LogP contribution in [0.2, 0.25) is 0 Å². The molecule has 0 saturated heterocycles. The molecule has 0 radical (unpaired) electrons. The summed E-state index contributed by atoms with van der Waals surface area (Å²) in [5, 5.41) is 16.4. The molecule has 62 valence electrons. The molecule has 1 atom stereocenters. The van der Waals surface area contributed by atoms with Crippen LogP contribution >= 0.6 is 11.8 Å². The minimum atomic E-state index is -0.833. The summed E-state index contributed by atoms with van der Waals surface area (Å²) in [5.41, 5.74) is 0. The van der Waals surface area contributed by atoms with Crippen molar-refractivity contribution in [1.82, 2.24) is 0 Å². The molecule has 0 aromatic heterocycles. The number of nitrogens with zero attached hydrogens (tertiary/aromatic N) is 1. The second kappa shape index (κ2) is 5.03. The molecule has 3 nitrogen and oxygen atoms in total. The lowest BCUT2D eigenvalue weighted by Crippen LogP contribution is -2.22. The highest BCUT2D eigenvalue weighted by Gasteiger charge is 2.21. The molecule has 0 aliphatic heterocycles. The molecule has 4 heteroatoms. The zero-order valence-corrected chi connectivity index (χ0v) is 7.39. The van der Waals surface area contributed by atoms with E-state index in [1.54, 1.807) is 0 Å². The maximum atomic E-state index is 10.5. The van der Waals surface area contributed by atoms with E-state index in [-0.39, 0.29) is 11.7 Å². The second-order valence-corrected chi connectivity index (χ2v) is 3.60. The Bertz CT molecular complexity index is 174. The molecule has 1 unspecified atom stereocenters. The summed E-state index contributed by atoms with van der Waals surface area (Å²) in [6, 6.07) is 1.91. The van der Waals surface area contributed by atoms with Crippen molar-refractivity contribution in [3.63, 3.8) is 0 Å². The van der Waals surface area contributed by atoms with Gasteiger partial charge in [-0.2, -0.15) is 5.26 Å². The molecule has 0 bridgehead atoms. The summed E-state index contributed by atoms with van der Waals surface area (Å²) in [5.74, 6) is -0.513. The molecular formula is C7H11NO2S. The summed E-state index contributed by atoms with van der Waals surface area (Å²) in [6.07, 6.45) is 0. The van der Waals surface area contributed by atoms with Crippen molar-refractivity contribution < 1.29 is 9.90 Å². The molecule has 0 saturated carbocycles. The first kappa shape index (κ1) is 10.3. The highest BCUT2D eigenvalue weighted by Crippen LogP contribution is 2.18. The summed E-state index contributed by atoms with van der Waals surface area (Å²) in [4.78, 5) is 10.5. The van der Waals surface area contributed by atoms with Crippen LogP contribution in [0.25, 0.3) is 0 Å². The molecule has 0 rings (SSSR count). The van der Waals surface area contributed by atoms with Crippen molar-refractivity contribution in [3.8, 4) is 6.07 Å². The van der Waals surface area contributed by atoms with Crippen molar-refractivity contribution in [2.24, 2.45) is 5.92 Å². The molecule has 1 N–H and O–H groups in total. The third-order valence-electron chi connectivity index (χ3n) is 1.18. The van der Waals surface area contributed by atoms with Crippen LogP contribution in [0.4, 0.5) is 0 Å². The van der Waals surface area contributed by atoms with Gasteiger partial charge in [0.15, 0.2) is 0 Å². The lowest BCUT2D eigenvalue weighted by Gasteiger charge is -2.12. The van der Waals surface area contributed by atoms with E-state index < -0.39 is 11.2 Å². The van der Waals surface area contributed by atoms with E-state index in [1.807, 2.05) is 19.9 Å². The van der Waals surface area contributed by atoms with Crippen molar-refractivity contribution >= 4 is 17.7 Å². The second-order valence-electron chi connectivity index (χ2n) is 2.47. The van der Waals surface area contributed by atoms with Gasteiger partial charge in [0.1, 0.15) is 5.25 Å². The van der Waals surface area contributed by atoms with E-state index in [2.05, 4.69) is 0 Å². The van der Waals surface area contributed by atoms with Gasteiger partial charge in [0, 0.05) is 0 Å². The van der Waals surface area contributed by atoms with Crippen LogP contribution in [-0.2, 0) is 4.79 Å². The molecular weight excluding hydrogens is 162 g/mol. The van der Waals surface area contributed by atoms with E-state index >= 15 is 0 Å². The predicted octanol–water partition coefficient (Wildman–Crippen LogP) is 1.35. The average molecular weight is 173 g/mol. The topological polar surface area (TPSA) is 61.1 Å². The average Bonchev–Trinajstić information content (AvgIpc) is 1.87. The van der Waals surface area contributed by atoms with E-state index in [0.29, 0.717) is 0 Å². The number of thioether (sulfide) groups is 1. The number of hydrogen-bond donors (Lipinski definition) is 1. The minimum absolute atomic E-state index is 0.0749. The number of carboxylic acid groups (broad SMARTS) is 1. The molecule has 0 heterocycles. The van der Waals surface area contributed by atoms with Gasteiger partial charge in [-0.25, -0.2) is 0 Å². The van der Waals surface area contributed by atoms with Crippen LogP contribution < -0.4 is 0 Å². The maximum absolute atomic E-state index is 10.5. The Balaban J connectivity index is 3.92. The zero-order chi connectivity index (χ0) is 8.85. The molecule has 0 amide bonds. The monoisotopic (exact) mass is 173 g/mol. The number of nitriles is 1. The maximum Gasteiger partial charge on any atom is 0.316 e. The van der Waals surface area contributed by atoms with E-state index in [4.69, 9.17) is 10.4 Å². The van der Waals surface area contributed by atoms with E-state index in [0.717, 1.165) is 0 Å². The number of carboxylic acids is 1. The van der Waals surface area contributed by atoms with E-state index in [9.17, 15) is 4.79 Å². The van der Waals surface area contributed by atoms with Gasteiger partial charge in [0.2, 0.25) is 0 Å². The van der Waals surface area contributed by atoms with Crippen molar-refractivity contribution in [2.45, 2.75) is 19.1 Å². The first-order valence-electron chi connectivity index (χ1n) is 3.31. The Morgan fingerprint density at radius 1 is 1.73 bits per heavy atom. The Hall–Kier alpha value is -0.690. The zero-order valence-electron chi connectivity index (χ0n) is 6.57. The lowest BCUT2D eigenvalue weighted by atomic mass is 10.1. The van der Waals surface area contributed by atoms with Gasteiger partial charge >= 0.3 is 5.97 Å². The van der Waals surface area contributed by atoms with Gasteiger partial charge in [0.05, 0.1) is 11.8 Å². The molecule has 0 aliphatic rings. The van der Waals surface area contributed by atoms with Gasteiger partial charge in [-0.15, -0.1) is 11.8 Å². The number of carbonyl (C=O) groups is 1. The highest BCUT2D eigenvalue weighted by atomic mass is 32.2. The van der Waals surface area contributed by atoms with Crippen LogP contribution in [0.1, 0.15) is 13.8 Å². The Labute approximate surface area is 70.4 Å². The van der Waals surface area contributed by atoms with Crippen LogP contribution in [0, 0.1) is 17.2 Å². The molecule has 0 aromatic carbocycles. The standard InChI is InChI=1S/C7H11NO2S/c1-5(2)6(7(9)10)11-4-3-8/h5-6H,4H2,1-2H3,(H,9,10). The third-order valence-corrected chi connectivity index (χ3v) is 2.58. The fourth-order valence-electron chi connectivity index (χ4n) is 0.676.